The Hall–Kier alpha value is -1.71. The number of nitrogens with zero attached hydrogens (tertiary/aromatic N) is 1. The van der Waals surface area contributed by atoms with Gasteiger partial charge in [-0.15, -0.1) is 0 Å². The lowest BCUT2D eigenvalue weighted by Crippen LogP contribution is -2.09. The maximum absolute atomic E-state index is 5.49. The molecule has 0 atom stereocenters. The molecule has 0 fully saturated rings. The maximum Gasteiger partial charge on any atom is 0.152 e. The fraction of sp³-hybridized carbons (Fsp3) is 0.364. The van der Waals surface area contributed by atoms with Gasteiger partial charge in [-0.25, -0.2) is 0 Å². The summed E-state index contributed by atoms with van der Waals surface area (Å²) in [6, 6.07) is 6.19. The topological polar surface area (TPSA) is 53.9 Å². The SMILES string of the molecule is Cc1ccc(-c2cc(NC(C)C)n[nH]2)o1. The molecule has 80 valence electrons. The van der Waals surface area contributed by atoms with Crippen LogP contribution in [0.2, 0.25) is 0 Å². The Morgan fingerprint density at radius 1 is 1.40 bits per heavy atom. The van der Waals surface area contributed by atoms with Crippen LogP contribution in [0.5, 0.6) is 0 Å². The van der Waals surface area contributed by atoms with E-state index in [9.17, 15) is 0 Å². The van der Waals surface area contributed by atoms with Crippen LogP contribution in [-0.4, -0.2) is 16.2 Å². The van der Waals surface area contributed by atoms with Crippen molar-refractivity contribution in [2.24, 2.45) is 0 Å². The lowest BCUT2D eigenvalue weighted by Gasteiger charge is -2.03. The first-order chi connectivity index (χ1) is 7.15. The molecule has 0 aliphatic carbocycles. The van der Waals surface area contributed by atoms with Gasteiger partial charge in [0, 0.05) is 12.1 Å². The third-order valence-corrected chi connectivity index (χ3v) is 2.02. The Morgan fingerprint density at radius 2 is 2.20 bits per heavy atom. The first kappa shape index (κ1) is 9.83. The van der Waals surface area contributed by atoms with E-state index in [0.717, 1.165) is 23.0 Å². The quantitative estimate of drug-likeness (QED) is 0.810. The van der Waals surface area contributed by atoms with Crippen LogP contribution in [0, 0.1) is 6.92 Å². The zero-order valence-electron chi connectivity index (χ0n) is 9.16. The van der Waals surface area contributed by atoms with Crippen molar-refractivity contribution in [3.8, 4) is 11.5 Å². The number of anilines is 1. The van der Waals surface area contributed by atoms with E-state index in [0.29, 0.717) is 6.04 Å². The van der Waals surface area contributed by atoms with Gasteiger partial charge in [0.25, 0.3) is 0 Å². The van der Waals surface area contributed by atoms with Crippen LogP contribution in [0.3, 0.4) is 0 Å². The Kier molecular flexibility index (Phi) is 2.49. The zero-order chi connectivity index (χ0) is 10.8. The average molecular weight is 205 g/mol. The summed E-state index contributed by atoms with van der Waals surface area (Å²) in [5.74, 6) is 2.56. The molecule has 15 heavy (non-hydrogen) atoms. The summed E-state index contributed by atoms with van der Waals surface area (Å²) in [4.78, 5) is 0. The number of hydrogen-bond donors (Lipinski definition) is 2. The van der Waals surface area contributed by atoms with E-state index in [1.54, 1.807) is 0 Å². The third-order valence-electron chi connectivity index (χ3n) is 2.02. The van der Waals surface area contributed by atoms with E-state index in [-0.39, 0.29) is 0 Å². The molecule has 2 N–H and O–H groups in total. The minimum Gasteiger partial charge on any atom is -0.460 e. The van der Waals surface area contributed by atoms with E-state index < -0.39 is 0 Å². The highest BCUT2D eigenvalue weighted by atomic mass is 16.3. The van der Waals surface area contributed by atoms with Crippen molar-refractivity contribution >= 4 is 5.82 Å². The summed E-state index contributed by atoms with van der Waals surface area (Å²) in [7, 11) is 0. The summed E-state index contributed by atoms with van der Waals surface area (Å²) in [6.07, 6.45) is 0. The molecule has 0 spiro atoms. The molecule has 0 radical (unpaired) electrons. The Morgan fingerprint density at radius 3 is 2.80 bits per heavy atom. The summed E-state index contributed by atoms with van der Waals surface area (Å²) in [5, 5.41) is 10.3. The molecular weight excluding hydrogens is 190 g/mol. The molecule has 0 aliphatic heterocycles. The lowest BCUT2D eigenvalue weighted by atomic mass is 10.3. The van der Waals surface area contributed by atoms with Crippen molar-refractivity contribution in [1.29, 1.82) is 0 Å². The third kappa shape index (κ3) is 2.21. The highest BCUT2D eigenvalue weighted by Gasteiger charge is 2.07. The summed E-state index contributed by atoms with van der Waals surface area (Å²) in [5.41, 5.74) is 0.895. The summed E-state index contributed by atoms with van der Waals surface area (Å²) in [6.45, 7) is 6.07. The molecular formula is C11H15N3O. The molecule has 2 aromatic heterocycles. The standard InChI is InChI=1S/C11H15N3O/c1-7(2)12-11-6-9(13-14-11)10-5-4-8(3)15-10/h4-7H,1-3H3,(H2,12,13,14). The van der Waals surface area contributed by atoms with Gasteiger partial charge in [0.2, 0.25) is 0 Å². The molecule has 0 amide bonds. The molecule has 0 saturated carbocycles. The summed E-state index contributed by atoms with van der Waals surface area (Å²) < 4.78 is 5.49. The minimum atomic E-state index is 0.375. The van der Waals surface area contributed by atoms with E-state index in [2.05, 4.69) is 29.4 Å². The number of hydrogen-bond acceptors (Lipinski definition) is 3. The monoisotopic (exact) mass is 205 g/mol. The van der Waals surface area contributed by atoms with E-state index in [1.807, 2.05) is 25.1 Å². The fourth-order valence-electron chi connectivity index (χ4n) is 1.40. The Labute approximate surface area is 88.7 Å². The summed E-state index contributed by atoms with van der Waals surface area (Å²) >= 11 is 0. The van der Waals surface area contributed by atoms with Crippen LogP contribution in [0.4, 0.5) is 5.82 Å². The largest absolute Gasteiger partial charge is 0.460 e. The number of H-pyrrole nitrogens is 1. The smallest absolute Gasteiger partial charge is 0.152 e. The van der Waals surface area contributed by atoms with Crippen molar-refractivity contribution in [3.05, 3.63) is 24.0 Å². The van der Waals surface area contributed by atoms with Crippen molar-refractivity contribution in [3.63, 3.8) is 0 Å². The van der Waals surface area contributed by atoms with Gasteiger partial charge in [0.15, 0.2) is 5.76 Å². The number of rotatable bonds is 3. The van der Waals surface area contributed by atoms with Crippen LogP contribution in [0.25, 0.3) is 11.5 Å². The number of aromatic amines is 1. The molecule has 0 bridgehead atoms. The molecule has 2 heterocycles. The number of aromatic nitrogens is 2. The minimum absolute atomic E-state index is 0.375. The second-order valence-electron chi connectivity index (χ2n) is 3.88. The van der Waals surface area contributed by atoms with E-state index in [1.165, 1.54) is 0 Å². The Bertz CT molecular complexity index is 442. The van der Waals surface area contributed by atoms with Gasteiger partial charge >= 0.3 is 0 Å². The molecule has 0 unspecified atom stereocenters. The van der Waals surface area contributed by atoms with Gasteiger partial charge in [-0.3, -0.25) is 5.10 Å². The van der Waals surface area contributed by atoms with Crippen molar-refractivity contribution in [2.45, 2.75) is 26.8 Å². The Balaban J connectivity index is 2.20. The van der Waals surface area contributed by atoms with Crippen LogP contribution in [0.15, 0.2) is 22.6 Å². The van der Waals surface area contributed by atoms with Gasteiger partial charge < -0.3 is 9.73 Å². The van der Waals surface area contributed by atoms with Crippen molar-refractivity contribution < 1.29 is 4.42 Å². The second kappa shape index (κ2) is 3.81. The molecule has 2 rings (SSSR count). The van der Waals surface area contributed by atoms with E-state index in [4.69, 9.17) is 4.42 Å². The maximum atomic E-state index is 5.49. The lowest BCUT2D eigenvalue weighted by molar-refractivity contribution is 0.546. The number of furan rings is 1. The predicted molar refractivity (Wildman–Crippen MR) is 59.8 cm³/mol. The van der Waals surface area contributed by atoms with Gasteiger partial charge in [0.05, 0.1) is 0 Å². The normalized spacial score (nSPS) is 10.9. The predicted octanol–water partition coefficient (Wildman–Crippen LogP) is 2.80. The van der Waals surface area contributed by atoms with Gasteiger partial charge in [0.1, 0.15) is 17.3 Å². The van der Waals surface area contributed by atoms with Crippen molar-refractivity contribution in [1.82, 2.24) is 10.2 Å². The molecule has 4 nitrogen and oxygen atoms in total. The van der Waals surface area contributed by atoms with E-state index >= 15 is 0 Å². The highest BCUT2D eigenvalue weighted by molar-refractivity contribution is 5.57. The molecule has 0 saturated heterocycles. The first-order valence-electron chi connectivity index (χ1n) is 5.04. The van der Waals surface area contributed by atoms with Crippen molar-refractivity contribution in [2.75, 3.05) is 5.32 Å². The van der Waals surface area contributed by atoms with Gasteiger partial charge in [-0.1, -0.05) is 0 Å². The van der Waals surface area contributed by atoms with Gasteiger partial charge in [-0.2, -0.15) is 5.10 Å². The van der Waals surface area contributed by atoms with Crippen LogP contribution in [0.1, 0.15) is 19.6 Å². The molecule has 0 aliphatic rings. The fourth-order valence-corrected chi connectivity index (χ4v) is 1.40. The van der Waals surface area contributed by atoms with Crippen LogP contribution in [-0.2, 0) is 0 Å². The van der Waals surface area contributed by atoms with Gasteiger partial charge in [-0.05, 0) is 32.9 Å². The molecule has 2 aromatic rings. The van der Waals surface area contributed by atoms with Crippen LogP contribution < -0.4 is 5.32 Å². The highest BCUT2D eigenvalue weighted by Crippen LogP contribution is 2.21. The molecule has 4 heteroatoms. The van der Waals surface area contributed by atoms with Crippen LogP contribution >= 0.6 is 0 Å². The second-order valence-corrected chi connectivity index (χ2v) is 3.88. The first-order valence-corrected chi connectivity index (χ1v) is 5.04. The number of nitrogens with one attached hydrogen (secondary N) is 2. The molecule has 0 aromatic carbocycles. The zero-order valence-corrected chi connectivity index (χ0v) is 9.16. The average Bonchev–Trinajstić information content (AvgIpc) is 2.72. The number of aryl methyl sites for hydroxylation is 1.